The molecule has 0 aliphatic carbocycles. The number of nitrogens with two attached hydrogens (primary N) is 1. The Bertz CT molecular complexity index is 1820. The Morgan fingerprint density at radius 3 is 2.47 bits per heavy atom. The fraction of sp³-hybridized carbons (Fsp3) is 0.433. The SMILES string of the molecule is C[C@H](O/N=C(\C(=O)N[C@@H]1C(=O)N2C(C(=O)O)=C(C[N+]34CCC(C(=O)c5ccc(O)c(O)c5Cl)(CC3)CC4)CS[C@H]12)c1csc(N)n1)C(=O)O. The molecule has 5 aliphatic rings. The maximum atomic E-state index is 13.6. The van der Waals surface area contributed by atoms with Gasteiger partial charge in [0.25, 0.3) is 11.8 Å². The zero-order valence-corrected chi connectivity index (χ0v) is 28.3. The Morgan fingerprint density at radius 1 is 1.20 bits per heavy atom. The van der Waals surface area contributed by atoms with Crippen LogP contribution in [0.3, 0.4) is 0 Å². The van der Waals surface area contributed by atoms with Gasteiger partial charge in [-0.15, -0.1) is 23.1 Å². The molecule has 6 heterocycles. The summed E-state index contributed by atoms with van der Waals surface area (Å²) in [6.07, 6.45) is 0.186. The van der Waals surface area contributed by atoms with Gasteiger partial charge in [-0.05, 0) is 19.1 Å². The van der Waals surface area contributed by atoms with Crippen molar-refractivity contribution in [3.05, 3.63) is 45.1 Å². The third-order valence-corrected chi connectivity index (χ3v) is 12.1. The number of carboxylic acid groups (broad SMARTS) is 2. The number of nitrogens with zero attached hydrogens (tertiary/aromatic N) is 4. The second-order valence-electron chi connectivity index (χ2n) is 12.5. The van der Waals surface area contributed by atoms with Crippen LogP contribution in [0.1, 0.15) is 42.2 Å². The van der Waals surface area contributed by atoms with Gasteiger partial charge in [0.1, 0.15) is 29.4 Å². The summed E-state index contributed by atoms with van der Waals surface area (Å²) in [4.78, 5) is 74.3. The van der Waals surface area contributed by atoms with Gasteiger partial charge in [-0.2, -0.15) is 0 Å². The molecule has 19 heteroatoms. The molecule has 7 N–H and O–H groups in total. The number of ketones is 1. The molecule has 1 aromatic heterocycles. The Hall–Kier alpha value is -4.39. The molecule has 3 atom stereocenters. The molecule has 4 saturated heterocycles. The molecule has 0 saturated carbocycles. The molecule has 7 rings (SSSR count). The lowest BCUT2D eigenvalue weighted by atomic mass is 9.66. The molecule has 0 radical (unpaired) electrons. The van der Waals surface area contributed by atoms with E-state index in [1.165, 1.54) is 41.1 Å². The molecule has 0 spiro atoms. The number of aromatic hydroxyl groups is 2. The Morgan fingerprint density at radius 2 is 1.88 bits per heavy atom. The number of Topliss-reactive ketones (excluding diaryl/α,β-unsaturated/α-hetero) is 1. The largest absolute Gasteiger partial charge is 0.504 e. The number of fused-ring (bicyclic) bond motifs is 4. The number of phenolic OH excluding ortho intramolecular Hbond substituents is 2. The van der Waals surface area contributed by atoms with Crippen LogP contribution >= 0.6 is 34.7 Å². The minimum atomic E-state index is -1.38. The van der Waals surface area contributed by atoms with Crippen molar-refractivity contribution in [2.75, 3.05) is 37.7 Å². The van der Waals surface area contributed by atoms with Crippen LogP contribution in [0.5, 0.6) is 11.5 Å². The van der Waals surface area contributed by atoms with Crippen molar-refractivity contribution < 1.29 is 53.7 Å². The third kappa shape index (κ3) is 6.06. The first kappa shape index (κ1) is 34.5. The second-order valence-corrected chi connectivity index (χ2v) is 14.9. The lowest BCUT2D eigenvalue weighted by Crippen LogP contribution is -2.71. The van der Waals surface area contributed by atoms with E-state index in [4.69, 9.17) is 27.3 Å². The molecule has 2 aromatic rings. The number of aliphatic carboxylic acids is 2. The lowest BCUT2D eigenvalue weighted by molar-refractivity contribution is -0.940. The van der Waals surface area contributed by atoms with Gasteiger partial charge >= 0.3 is 11.9 Å². The number of β-lactam (4-membered cyclic amide) rings is 1. The van der Waals surface area contributed by atoms with Crippen molar-refractivity contribution in [3.8, 4) is 11.5 Å². The van der Waals surface area contributed by atoms with Crippen molar-refractivity contribution in [1.82, 2.24) is 15.2 Å². The van der Waals surface area contributed by atoms with Crippen molar-refractivity contribution in [2.45, 2.75) is 43.7 Å². The summed E-state index contributed by atoms with van der Waals surface area (Å²) in [5.41, 5.74) is 5.23. The number of carbonyl (C=O) groups is 5. The number of rotatable bonds is 11. The number of hydrogen-bond donors (Lipinski definition) is 6. The Labute approximate surface area is 291 Å². The molecule has 2 amide bonds. The van der Waals surface area contributed by atoms with Crippen LogP contribution in [-0.4, -0.2) is 119 Å². The standard InChI is InChI=1S/C30H31ClN6O10S2/c1-13(27(43)44)47-35-19(16-12-49-29(32)33-16)24(41)34-20-25(42)36-21(28(45)46)14(11-48-26(20)36)10-37-7-4-30(5-8-37,6-9-37)23(40)15-2-3-17(38)22(39)18(15)31/h2-3,12-13,20,26H,4-11H2,1H3,(H6-,32,33,34,35,38,39,40,41,43,44,45,46)/p+1/t13-,20+,26+,30?,37?/m0/s1. The van der Waals surface area contributed by atoms with Gasteiger partial charge in [-0.1, -0.05) is 16.8 Å². The van der Waals surface area contributed by atoms with Gasteiger partial charge in [0, 0.05) is 46.9 Å². The number of piperidine rings is 3. The van der Waals surface area contributed by atoms with Gasteiger partial charge < -0.3 is 40.8 Å². The number of phenols is 2. The average molecular weight is 736 g/mol. The number of oxime groups is 1. The van der Waals surface area contributed by atoms with Crippen LogP contribution in [0.2, 0.25) is 5.02 Å². The average Bonchev–Trinajstić information content (AvgIpc) is 3.51. The third-order valence-electron chi connectivity index (χ3n) is 9.71. The zero-order chi connectivity index (χ0) is 35.4. The monoisotopic (exact) mass is 735 g/mol. The van der Waals surface area contributed by atoms with Crippen LogP contribution < -0.4 is 11.1 Å². The van der Waals surface area contributed by atoms with E-state index in [-0.39, 0.29) is 38.6 Å². The Kier molecular flexibility index (Phi) is 9.01. The van der Waals surface area contributed by atoms with Crippen LogP contribution in [0.15, 0.2) is 33.9 Å². The van der Waals surface area contributed by atoms with Crippen LogP contribution in [-0.2, 0) is 24.0 Å². The maximum Gasteiger partial charge on any atom is 0.352 e. The first-order chi connectivity index (χ1) is 23.2. The second kappa shape index (κ2) is 12.8. The summed E-state index contributed by atoms with van der Waals surface area (Å²) in [7, 11) is 0. The number of nitrogens with one attached hydrogen (secondary N) is 1. The molecule has 1 aromatic carbocycles. The molecule has 16 nitrogen and oxygen atoms in total. The van der Waals surface area contributed by atoms with Crippen LogP contribution in [0, 0.1) is 5.41 Å². The van der Waals surface area contributed by atoms with Gasteiger partial charge in [0.15, 0.2) is 28.1 Å². The number of aromatic nitrogens is 1. The molecule has 2 bridgehead atoms. The highest BCUT2D eigenvalue weighted by Gasteiger charge is 2.57. The number of benzene rings is 1. The first-order valence-electron chi connectivity index (χ1n) is 15.2. The van der Waals surface area contributed by atoms with Crippen molar-refractivity contribution in [1.29, 1.82) is 0 Å². The predicted octanol–water partition coefficient (Wildman–Crippen LogP) is 1.61. The molecule has 260 valence electrons. The molecule has 5 aliphatic heterocycles. The van der Waals surface area contributed by atoms with Gasteiger partial charge in [0.05, 0.1) is 24.7 Å². The van der Waals surface area contributed by atoms with E-state index in [0.29, 0.717) is 55.5 Å². The number of thiazole rings is 1. The normalized spacial score (nSPS) is 26.9. The fourth-order valence-corrected chi connectivity index (χ4v) is 8.98. The predicted molar refractivity (Wildman–Crippen MR) is 176 cm³/mol. The van der Waals surface area contributed by atoms with Gasteiger partial charge in [-0.25, -0.2) is 14.6 Å². The van der Waals surface area contributed by atoms with Gasteiger partial charge in [-0.3, -0.25) is 19.3 Å². The summed E-state index contributed by atoms with van der Waals surface area (Å²) >= 11 is 8.54. The highest BCUT2D eigenvalue weighted by molar-refractivity contribution is 8.00. The maximum absolute atomic E-state index is 13.6. The summed E-state index contributed by atoms with van der Waals surface area (Å²) < 4.78 is 0.550. The van der Waals surface area contributed by atoms with E-state index >= 15 is 0 Å². The highest BCUT2D eigenvalue weighted by atomic mass is 35.5. The first-order valence-corrected chi connectivity index (χ1v) is 17.5. The zero-order valence-electron chi connectivity index (χ0n) is 25.9. The van der Waals surface area contributed by atoms with Gasteiger partial charge in [0.2, 0.25) is 6.10 Å². The van der Waals surface area contributed by atoms with Crippen molar-refractivity contribution in [3.63, 3.8) is 0 Å². The minimum Gasteiger partial charge on any atom is -0.504 e. The quantitative estimate of drug-likeness (QED) is 0.0481. The van der Waals surface area contributed by atoms with E-state index in [0.717, 1.165) is 11.3 Å². The number of thioether (sulfide) groups is 1. The highest BCUT2D eigenvalue weighted by Crippen LogP contribution is 2.49. The number of carboxylic acids is 2. The van der Waals surface area contributed by atoms with Crippen molar-refractivity contribution in [2.24, 2.45) is 10.6 Å². The van der Waals surface area contributed by atoms with Crippen LogP contribution in [0.4, 0.5) is 5.13 Å². The number of nitrogen functional groups attached to an aromatic ring is 1. The number of carbonyl (C=O) groups excluding carboxylic acids is 3. The molecule has 49 heavy (non-hydrogen) atoms. The molecule has 4 fully saturated rings. The molecule has 0 unspecified atom stereocenters. The number of quaternary nitrogens is 1. The van der Waals surface area contributed by atoms with E-state index in [1.807, 2.05) is 0 Å². The summed E-state index contributed by atoms with van der Waals surface area (Å²) in [6.45, 7) is 3.37. The summed E-state index contributed by atoms with van der Waals surface area (Å²) in [5.74, 6) is -4.96. The number of anilines is 1. The number of hydrogen-bond acceptors (Lipinski definition) is 13. The topological polar surface area (TPSA) is 242 Å². The van der Waals surface area contributed by atoms with Crippen molar-refractivity contribution >= 4 is 75.1 Å². The number of halogens is 1. The van der Waals surface area contributed by atoms with E-state index in [2.05, 4.69) is 15.5 Å². The lowest BCUT2D eigenvalue weighted by Gasteiger charge is -2.55. The van der Waals surface area contributed by atoms with E-state index in [9.17, 15) is 39.3 Å². The minimum absolute atomic E-state index is 0.0120. The van der Waals surface area contributed by atoms with E-state index in [1.54, 1.807) is 0 Å². The summed E-state index contributed by atoms with van der Waals surface area (Å²) in [5, 5.41) is 46.1. The fourth-order valence-electron chi connectivity index (χ4n) is 6.85. The van der Waals surface area contributed by atoms with E-state index < -0.39 is 63.9 Å². The molecular formula is C30H32ClN6O10S2+. The molecular weight excluding hydrogens is 704 g/mol. The van der Waals surface area contributed by atoms with Crippen LogP contribution in [0.25, 0.3) is 0 Å². The summed E-state index contributed by atoms with van der Waals surface area (Å²) in [6, 6.07) is 1.55. The Balaban J connectivity index is 1.16. The smallest absolute Gasteiger partial charge is 0.352 e. The number of amides is 2.